The van der Waals surface area contributed by atoms with E-state index in [0.29, 0.717) is 17.2 Å². The number of nitro groups is 1. The number of fused-ring (bicyclic) bond motifs is 1. The highest BCUT2D eigenvalue weighted by Gasteiger charge is 2.20. The van der Waals surface area contributed by atoms with Crippen molar-refractivity contribution in [1.29, 1.82) is 0 Å². The Hall–Kier alpha value is -3.27. The average Bonchev–Trinajstić information content (AvgIpc) is 2.98. The molecule has 0 aliphatic carbocycles. The van der Waals surface area contributed by atoms with Gasteiger partial charge in [0.15, 0.2) is 0 Å². The van der Waals surface area contributed by atoms with Gasteiger partial charge in [-0.1, -0.05) is 6.07 Å². The van der Waals surface area contributed by atoms with Gasteiger partial charge in [0, 0.05) is 28.4 Å². The number of nitro benzene ring substituents is 1. The summed E-state index contributed by atoms with van der Waals surface area (Å²) in [5, 5.41) is 13.6. The molecule has 144 valence electrons. The Morgan fingerprint density at radius 3 is 2.82 bits per heavy atom. The molecule has 0 saturated heterocycles. The Labute approximate surface area is 167 Å². The highest BCUT2D eigenvalue weighted by molar-refractivity contribution is 9.10. The number of non-ortho nitro benzene ring substituents is 1. The van der Waals surface area contributed by atoms with E-state index in [-0.39, 0.29) is 24.3 Å². The molecular weight excluding hydrogens is 432 g/mol. The minimum atomic E-state index is -0.575. The standard InChI is InChI=1S/C18H15BrN4O5/c1-2-28-16(24)9-14-17(22-10-12(19)6-7-15(22)20-14)21-18(25)11-4-3-5-13(8-11)23(26)27/h3-8,10H,2,9H2,1H3,(H,21,25). The number of hydrogen-bond donors (Lipinski definition) is 1. The molecule has 3 rings (SSSR count). The first-order valence-corrected chi connectivity index (χ1v) is 9.06. The normalized spacial score (nSPS) is 10.6. The van der Waals surface area contributed by atoms with Crippen LogP contribution in [0.1, 0.15) is 23.0 Å². The summed E-state index contributed by atoms with van der Waals surface area (Å²) in [6.45, 7) is 1.93. The maximum Gasteiger partial charge on any atom is 0.312 e. The average molecular weight is 447 g/mol. The quantitative estimate of drug-likeness (QED) is 0.352. The number of hydrogen-bond acceptors (Lipinski definition) is 6. The van der Waals surface area contributed by atoms with Crippen LogP contribution in [0.4, 0.5) is 11.5 Å². The summed E-state index contributed by atoms with van der Waals surface area (Å²) in [6, 6.07) is 8.88. The Morgan fingerprint density at radius 2 is 2.11 bits per heavy atom. The Morgan fingerprint density at radius 1 is 1.32 bits per heavy atom. The van der Waals surface area contributed by atoms with E-state index in [1.807, 2.05) is 0 Å². The molecule has 28 heavy (non-hydrogen) atoms. The monoisotopic (exact) mass is 446 g/mol. The van der Waals surface area contributed by atoms with Crippen LogP contribution in [0, 0.1) is 10.1 Å². The largest absolute Gasteiger partial charge is 0.466 e. The van der Waals surface area contributed by atoms with Crippen molar-refractivity contribution in [3.63, 3.8) is 0 Å². The predicted molar refractivity (Wildman–Crippen MR) is 104 cm³/mol. The van der Waals surface area contributed by atoms with E-state index < -0.39 is 16.8 Å². The molecule has 0 aliphatic heterocycles. The SMILES string of the molecule is CCOC(=O)Cc1nc2ccc(Br)cn2c1NC(=O)c1cccc([N+](=O)[O-])c1. The molecule has 0 saturated carbocycles. The van der Waals surface area contributed by atoms with Crippen LogP contribution in [-0.2, 0) is 16.0 Å². The number of nitrogens with one attached hydrogen (secondary N) is 1. The van der Waals surface area contributed by atoms with Crippen molar-refractivity contribution in [2.24, 2.45) is 0 Å². The zero-order valence-corrected chi connectivity index (χ0v) is 16.3. The van der Waals surface area contributed by atoms with Gasteiger partial charge >= 0.3 is 5.97 Å². The minimum Gasteiger partial charge on any atom is -0.466 e. The van der Waals surface area contributed by atoms with Gasteiger partial charge in [0.25, 0.3) is 11.6 Å². The topological polar surface area (TPSA) is 116 Å². The van der Waals surface area contributed by atoms with E-state index in [1.165, 1.54) is 24.3 Å². The van der Waals surface area contributed by atoms with E-state index >= 15 is 0 Å². The fourth-order valence-corrected chi connectivity index (χ4v) is 2.95. The van der Waals surface area contributed by atoms with E-state index in [1.54, 1.807) is 29.7 Å². The Kier molecular flexibility index (Phi) is 5.69. The summed E-state index contributed by atoms with van der Waals surface area (Å²) in [4.78, 5) is 39.3. The molecular formula is C18H15BrN4O5. The van der Waals surface area contributed by atoms with Gasteiger partial charge in [-0.25, -0.2) is 4.98 Å². The molecule has 1 amide bonds. The summed E-state index contributed by atoms with van der Waals surface area (Å²) >= 11 is 3.36. The number of pyridine rings is 1. The molecule has 0 fully saturated rings. The number of aromatic nitrogens is 2. The van der Waals surface area contributed by atoms with Gasteiger partial charge in [-0.05, 0) is 41.1 Å². The zero-order chi connectivity index (χ0) is 20.3. The summed E-state index contributed by atoms with van der Waals surface area (Å²) < 4.78 is 7.33. The molecule has 10 heteroatoms. The molecule has 0 spiro atoms. The van der Waals surface area contributed by atoms with E-state index in [9.17, 15) is 19.7 Å². The fourth-order valence-electron chi connectivity index (χ4n) is 2.61. The molecule has 2 heterocycles. The lowest BCUT2D eigenvalue weighted by atomic mass is 10.2. The maximum absolute atomic E-state index is 12.7. The molecule has 0 radical (unpaired) electrons. The first-order chi connectivity index (χ1) is 13.4. The van der Waals surface area contributed by atoms with Crippen molar-refractivity contribution in [3.05, 3.63) is 68.4 Å². The minimum absolute atomic E-state index is 0.112. The highest BCUT2D eigenvalue weighted by atomic mass is 79.9. The van der Waals surface area contributed by atoms with Crippen LogP contribution in [0.2, 0.25) is 0 Å². The van der Waals surface area contributed by atoms with Crippen LogP contribution in [0.3, 0.4) is 0 Å². The van der Waals surface area contributed by atoms with E-state index in [2.05, 4.69) is 26.2 Å². The molecule has 0 unspecified atom stereocenters. The molecule has 3 aromatic rings. The van der Waals surface area contributed by atoms with Crippen LogP contribution >= 0.6 is 15.9 Å². The first kappa shape index (κ1) is 19.5. The van der Waals surface area contributed by atoms with Gasteiger partial charge in [0.1, 0.15) is 11.5 Å². The summed E-state index contributed by atoms with van der Waals surface area (Å²) in [5.74, 6) is -0.743. The Balaban J connectivity index is 1.99. The molecule has 2 aromatic heterocycles. The first-order valence-electron chi connectivity index (χ1n) is 8.27. The molecule has 9 nitrogen and oxygen atoms in total. The molecule has 0 bridgehead atoms. The lowest BCUT2D eigenvalue weighted by Crippen LogP contribution is -2.16. The number of halogens is 1. The van der Waals surface area contributed by atoms with Gasteiger partial charge in [-0.2, -0.15) is 0 Å². The van der Waals surface area contributed by atoms with E-state index in [4.69, 9.17) is 4.74 Å². The van der Waals surface area contributed by atoms with Gasteiger partial charge in [-0.3, -0.25) is 24.1 Å². The predicted octanol–water partition coefficient (Wildman–Crippen LogP) is 3.36. The van der Waals surface area contributed by atoms with Crippen LogP contribution < -0.4 is 5.32 Å². The van der Waals surface area contributed by atoms with Gasteiger partial charge in [-0.15, -0.1) is 0 Å². The number of rotatable bonds is 6. The lowest BCUT2D eigenvalue weighted by molar-refractivity contribution is -0.384. The number of anilines is 1. The van der Waals surface area contributed by atoms with E-state index in [0.717, 1.165) is 4.47 Å². The van der Waals surface area contributed by atoms with Crippen LogP contribution in [0.5, 0.6) is 0 Å². The lowest BCUT2D eigenvalue weighted by Gasteiger charge is -2.08. The maximum atomic E-state index is 12.7. The molecule has 0 atom stereocenters. The van der Waals surface area contributed by atoms with Crippen molar-refractivity contribution in [2.75, 3.05) is 11.9 Å². The number of benzene rings is 1. The smallest absolute Gasteiger partial charge is 0.312 e. The van der Waals surface area contributed by atoms with Crippen molar-refractivity contribution in [2.45, 2.75) is 13.3 Å². The van der Waals surface area contributed by atoms with Gasteiger partial charge < -0.3 is 10.1 Å². The van der Waals surface area contributed by atoms with Gasteiger partial charge in [0.2, 0.25) is 0 Å². The van der Waals surface area contributed by atoms with Crippen LogP contribution in [0.15, 0.2) is 47.1 Å². The number of nitrogens with zero attached hydrogens (tertiary/aromatic N) is 3. The number of ether oxygens (including phenoxy) is 1. The number of carbonyl (C=O) groups is 2. The number of carbonyl (C=O) groups excluding carboxylic acids is 2. The highest BCUT2D eigenvalue weighted by Crippen LogP contribution is 2.23. The third kappa shape index (κ3) is 4.17. The van der Waals surface area contributed by atoms with Crippen molar-refractivity contribution < 1.29 is 19.2 Å². The van der Waals surface area contributed by atoms with Gasteiger partial charge in [0.05, 0.1) is 23.6 Å². The summed E-state index contributed by atoms with van der Waals surface area (Å²) in [5.41, 5.74) is 0.772. The van der Waals surface area contributed by atoms with Crippen LogP contribution in [-0.4, -0.2) is 32.8 Å². The fraction of sp³-hybridized carbons (Fsp3) is 0.167. The molecule has 1 aromatic carbocycles. The number of amides is 1. The summed E-state index contributed by atoms with van der Waals surface area (Å²) in [6.07, 6.45) is 1.57. The number of imidazole rings is 1. The Bertz CT molecular complexity index is 1080. The molecule has 1 N–H and O–H groups in total. The second-order valence-corrected chi connectivity index (χ2v) is 6.64. The second-order valence-electron chi connectivity index (χ2n) is 5.73. The summed E-state index contributed by atoms with van der Waals surface area (Å²) in [7, 11) is 0. The third-order valence-corrected chi connectivity index (χ3v) is 4.29. The second kappa shape index (κ2) is 8.17. The molecule has 0 aliphatic rings. The van der Waals surface area contributed by atoms with Crippen LogP contribution in [0.25, 0.3) is 5.65 Å². The van der Waals surface area contributed by atoms with Crippen molar-refractivity contribution in [1.82, 2.24) is 9.38 Å². The number of esters is 1. The zero-order valence-electron chi connectivity index (χ0n) is 14.7. The van der Waals surface area contributed by atoms with Crippen molar-refractivity contribution >= 4 is 45.0 Å². The van der Waals surface area contributed by atoms with Crippen molar-refractivity contribution in [3.8, 4) is 0 Å². The third-order valence-electron chi connectivity index (χ3n) is 3.82.